The zero-order valence-electron chi connectivity index (χ0n) is 15.8. The van der Waals surface area contributed by atoms with Gasteiger partial charge >= 0.3 is 0 Å². The number of nitrogens with zero attached hydrogens (tertiary/aromatic N) is 1. The Morgan fingerprint density at radius 1 is 0.931 bits per heavy atom. The lowest BCUT2D eigenvalue weighted by molar-refractivity contribution is 0.248. The Morgan fingerprint density at radius 2 is 1.62 bits per heavy atom. The lowest BCUT2D eigenvalue weighted by atomic mass is 10.00. The molecule has 4 nitrogen and oxygen atoms in total. The summed E-state index contributed by atoms with van der Waals surface area (Å²) in [7, 11) is -3.71. The molecule has 3 rings (SSSR count). The van der Waals surface area contributed by atoms with E-state index in [0.29, 0.717) is 6.54 Å². The molecular weight excluding hydrogens is 474 g/mol. The van der Waals surface area contributed by atoms with E-state index in [-0.39, 0.29) is 32.4 Å². The molecule has 1 aliphatic rings. The molecule has 1 aliphatic heterocycles. The largest absolute Gasteiger partial charge is 0.299 e. The number of fused-ring (bicyclic) bond motifs is 1. The Kier molecular flexibility index (Phi) is 9.55. The molecule has 2 aromatic carbocycles. The predicted octanol–water partition coefficient (Wildman–Crippen LogP) is 5.58. The number of sulfonamides is 1. The minimum Gasteiger partial charge on any atom is -0.299 e. The fourth-order valence-electron chi connectivity index (χ4n) is 3.38. The Morgan fingerprint density at radius 3 is 2.38 bits per heavy atom. The van der Waals surface area contributed by atoms with Crippen molar-refractivity contribution in [1.29, 1.82) is 0 Å². The number of rotatable bonds is 8. The van der Waals surface area contributed by atoms with Crippen LogP contribution in [0.15, 0.2) is 41.3 Å². The summed E-state index contributed by atoms with van der Waals surface area (Å²) >= 11 is 17.8. The molecule has 0 fully saturated rings. The fourth-order valence-corrected chi connectivity index (χ4v) is 5.45. The molecule has 0 atom stereocenters. The van der Waals surface area contributed by atoms with Crippen molar-refractivity contribution in [3.05, 3.63) is 62.6 Å². The second-order valence-corrected chi connectivity index (χ2v) is 9.91. The highest BCUT2D eigenvalue weighted by molar-refractivity contribution is 7.89. The summed E-state index contributed by atoms with van der Waals surface area (Å²) in [5, 5.41) is 0.452. The maximum absolute atomic E-state index is 12.4. The van der Waals surface area contributed by atoms with Crippen molar-refractivity contribution in [2.75, 3.05) is 19.6 Å². The molecule has 0 bridgehead atoms. The van der Waals surface area contributed by atoms with Crippen molar-refractivity contribution in [1.82, 2.24) is 9.62 Å². The third-order valence-corrected chi connectivity index (χ3v) is 7.57. The summed E-state index contributed by atoms with van der Waals surface area (Å²) in [5.74, 6) is 0. The average molecular weight is 498 g/mol. The van der Waals surface area contributed by atoms with E-state index in [4.69, 9.17) is 34.8 Å². The van der Waals surface area contributed by atoms with E-state index in [2.05, 4.69) is 33.9 Å². The second kappa shape index (κ2) is 11.2. The molecule has 0 amide bonds. The summed E-state index contributed by atoms with van der Waals surface area (Å²) in [6, 6.07) is 11.2. The van der Waals surface area contributed by atoms with Gasteiger partial charge in [0.1, 0.15) is 4.90 Å². The molecule has 2 aromatic rings. The van der Waals surface area contributed by atoms with E-state index in [0.717, 1.165) is 45.3 Å². The first-order valence-corrected chi connectivity index (χ1v) is 11.9. The zero-order chi connectivity index (χ0) is 20.1. The quantitative estimate of drug-likeness (QED) is 0.382. The second-order valence-electron chi connectivity index (χ2n) is 6.95. The Balaban J connectivity index is 0.00000300. The summed E-state index contributed by atoms with van der Waals surface area (Å²) < 4.78 is 27.4. The lowest BCUT2D eigenvalue weighted by Gasteiger charge is -2.28. The first kappa shape index (κ1) is 24.7. The zero-order valence-corrected chi connectivity index (χ0v) is 19.7. The Hall–Kier alpha value is -0.530. The summed E-state index contributed by atoms with van der Waals surface area (Å²) in [4.78, 5) is 2.41. The number of benzene rings is 2. The molecule has 1 N–H and O–H groups in total. The van der Waals surface area contributed by atoms with Gasteiger partial charge in [0.2, 0.25) is 10.0 Å². The molecule has 1 heterocycles. The van der Waals surface area contributed by atoms with Gasteiger partial charge in [-0.05, 0) is 49.1 Å². The summed E-state index contributed by atoms with van der Waals surface area (Å²) in [6.45, 7) is 3.47. The smallest absolute Gasteiger partial charge is 0.242 e. The molecule has 0 radical (unpaired) electrons. The van der Waals surface area contributed by atoms with Gasteiger partial charge in [-0.15, -0.1) is 12.4 Å². The molecule has 0 saturated carbocycles. The van der Waals surface area contributed by atoms with E-state index in [1.165, 1.54) is 23.3 Å². The van der Waals surface area contributed by atoms with Crippen LogP contribution in [0.25, 0.3) is 0 Å². The number of unbranched alkanes of at least 4 members (excludes halogenated alkanes) is 2. The number of hydrogen-bond donors (Lipinski definition) is 1. The highest BCUT2D eigenvalue weighted by Gasteiger charge is 2.19. The molecule has 9 heteroatoms. The van der Waals surface area contributed by atoms with Gasteiger partial charge in [-0.1, -0.05) is 65.5 Å². The minimum atomic E-state index is -3.71. The van der Waals surface area contributed by atoms with Crippen LogP contribution in [0.5, 0.6) is 0 Å². The third-order valence-electron chi connectivity index (χ3n) is 4.92. The van der Waals surface area contributed by atoms with E-state index in [9.17, 15) is 8.42 Å². The standard InChI is InChI=1S/C20H23Cl3N2O2S.ClH/c21-17-12-19(23)20(13-18(17)22)28(26,27)24-9-4-1-5-10-25-11-8-15-6-2-3-7-16(15)14-25;/h2-3,6-7,12-13,24H,1,4-5,8-11,14H2;1H. The van der Waals surface area contributed by atoms with Crippen molar-refractivity contribution in [3.63, 3.8) is 0 Å². The van der Waals surface area contributed by atoms with E-state index in [1.807, 2.05) is 0 Å². The summed E-state index contributed by atoms with van der Waals surface area (Å²) in [6.07, 6.45) is 3.86. The van der Waals surface area contributed by atoms with Crippen LogP contribution in [-0.2, 0) is 23.0 Å². The molecule has 160 valence electrons. The lowest BCUT2D eigenvalue weighted by Crippen LogP contribution is -2.31. The van der Waals surface area contributed by atoms with Crippen molar-refractivity contribution < 1.29 is 8.42 Å². The van der Waals surface area contributed by atoms with E-state index < -0.39 is 10.0 Å². The molecule has 0 aliphatic carbocycles. The highest BCUT2D eigenvalue weighted by atomic mass is 35.5. The van der Waals surface area contributed by atoms with Crippen LogP contribution in [0.4, 0.5) is 0 Å². The normalized spacial score (nSPS) is 14.3. The van der Waals surface area contributed by atoms with Crippen LogP contribution in [0, 0.1) is 0 Å². The molecular formula is C20H24Cl4N2O2S. The first-order valence-electron chi connectivity index (χ1n) is 9.30. The van der Waals surface area contributed by atoms with Crippen molar-refractivity contribution in [3.8, 4) is 0 Å². The predicted molar refractivity (Wildman–Crippen MR) is 123 cm³/mol. The van der Waals surface area contributed by atoms with Gasteiger partial charge in [0.05, 0.1) is 15.1 Å². The topological polar surface area (TPSA) is 49.4 Å². The van der Waals surface area contributed by atoms with Gasteiger partial charge < -0.3 is 0 Å². The Labute approximate surface area is 194 Å². The van der Waals surface area contributed by atoms with Crippen LogP contribution in [0.3, 0.4) is 0 Å². The Bertz CT molecular complexity index is 938. The van der Waals surface area contributed by atoms with Crippen molar-refractivity contribution in [2.24, 2.45) is 0 Å². The van der Waals surface area contributed by atoms with Crippen LogP contribution >= 0.6 is 47.2 Å². The number of halogens is 4. The average Bonchev–Trinajstić information content (AvgIpc) is 2.67. The van der Waals surface area contributed by atoms with Gasteiger partial charge in [-0.25, -0.2) is 13.1 Å². The van der Waals surface area contributed by atoms with Crippen molar-refractivity contribution >= 4 is 57.2 Å². The van der Waals surface area contributed by atoms with Crippen molar-refractivity contribution in [2.45, 2.75) is 37.1 Å². The monoisotopic (exact) mass is 496 g/mol. The first-order chi connectivity index (χ1) is 13.4. The molecule has 0 unspecified atom stereocenters. The molecule has 0 spiro atoms. The van der Waals surface area contributed by atoms with E-state index in [1.54, 1.807) is 0 Å². The van der Waals surface area contributed by atoms with Gasteiger partial charge in [0.15, 0.2) is 0 Å². The minimum absolute atomic E-state index is 0. The van der Waals surface area contributed by atoms with Gasteiger partial charge in [0.25, 0.3) is 0 Å². The maximum atomic E-state index is 12.4. The van der Waals surface area contributed by atoms with E-state index >= 15 is 0 Å². The molecule has 0 saturated heterocycles. The molecule has 0 aromatic heterocycles. The SMILES string of the molecule is Cl.O=S(=O)(NCCCCCN1CCc2ccccc2C1)c1cc(Cl)c(Cl)cc1Cl. The fraction of sp³-hybridized carbons (Fsp3) is 0.400. The highest BCUT2D eigenvalue weighted by Crippen LogP contribution is 2.31. The van der Waals surface area contributed by atoms with Crippen LogP contribution in [-0.4, -0.2) is 33.0 Å². The maximum Gasteiger partial charge on any atom is 0.242 e. The van der Waals surface area contributed by atoms with Crippen LogP contribution < -0.4 is 4.72 Å². The van der Waals surface area contributed by atoms with Gasteiger partial charge in [-0.3, -0.25) is 4.90 Å². The van der Waals surface area contributed by atoms with Crippen LogP contribution in [0.1, 0.15) is 30.4 Å². The summed E-state index contributed by atoms with van der Waals surface area (Å²) in [5.41, 5.74) is 2.87. The number of nitrogens with one attached hydrogen (secondary N) is 1. The van der Waals surface area contributed by atoms with Gasteiger partial charge in [-0.2, -0.15) is 0 Å². The van der Waals surface area contributed by atoms with Crippen LogP contribution in [0.2, 0.25) is 15.1 Å². The molecule has 29 heavy (non-hydrogen) atoms. The number of hydrogen-bond acceptors (Lipinski definition) is 3. The van der Waals surface area contributed by atoms with Gasteiger partial charge in [0, 0.05) is 19.6 Å². The third kappa shape index (κ3) is 6.73.